The minimum Gasteiger partial charge on any atom is -0.390 e. The highest BCUT2D eigenvalue weighted by molar-refractivity contribution is 4.94. The molecule has 0 aromatic carbocycles. The summed E-state index contributed by atoms with van der Waals surface area (Å²) in [5.74, 6) is 1.65. The number of ether oxygens (including phenoxy) is 1. The first-order valence-corrected chi connectivity index (χ1v) is 6.19. The molecule has 0 aromatic heterocycles. The quantitative estimate of drug-likeness (QED) is 0.782. The lowest BCUT2D eigenvalue weighted by atomic mass is 9.80. The van der Waals surface area contributed by atoms with Crippen molar-refractivity contribution < 1.29 is 9.84 Å². The van der Waals surface area contributed by atoms with Crippen LogP contribution in [-0.4, -0.2) is 23.4 Å². The van der Waals surface area contributed by atoms with E-state index in [-0.39, 0.29) is 24.2 Å². The number of aliphatic hydroxyl groups is 1. The fourth-order valence-electron chi connectivity index (χ4n) is 2.69. The van der Waals surface area contributed by atoms with Crippen molar-refractivity contribution in [1.82, 2.24) is 0 Å². The lowest BCUT2D eigenvalue weighted by Gasteiger charge is -2.26. The second-order valence-electron chi connectivity index (χ2n) is 5.87. The summed E-state index contributed by atoms with van der Waals surface area (Å²) in [5, 5.41) is 10.3. The van der Waals surface area contributed by atoms with Crippen LogP contribution < -0.4 is 0 Å². The maximum atomic E-state index is 10.3. The Morgan fingerprint density at radius 2 is 1.27 bits per heavy atom. The Morgan fingerprint density at radius 1 is 0.800 bits per heavy atom. The summed E-state index contributed by atoms with van der Waals surface area (Å²) >= 11 is 0. The maximum absolute atomic E-state index is 10.3. The summed E-state index contributed by atoms with van der Waals surface area (Å²) in [7, 11) is 0. The van der Waals surface area contributed by atoms with E-state index < -0.39 is 0 Å². The van der Waals surface area contributed by atoms with Gasteiger partial charge in [-0.15, -0.1) is 0 Å². The van der Waals surface area contributed by atoms with Crippen LogP contribution in [-0.2, 0) is 4.74 Å². The average molecular weight is 214 g/mol. The van der Waals surface area contributed by atoms with Crippen LogP contribution in [0.25, 0.3) is 0 Å². The zero-order chi connectivity index (χ0) is 11.7. The smallest absolute Gasteiger partial charge is 0.0864 e. The fraction of sp³-hybridized carbons (Fsp3) is 1.00. The van der Waals surface area contributed by atoms with Gasteiger partial charge in [-0.1, -0.05) is 41.5 Å². The van der Waals surface area contributed by atoms with Crippen molar-refractivity contribution in [1.29, 1.82) is 0 Å². The Kier molecular flexibility index (Phi) is 4.19. The van der Waals surface area contributed by atoms with Gasteiger partial charge >= 0.3 is 0 Å². The summed E-state index contributed by atoms with van der Waals surface area (Å²) in [4.78, 5) is 0. The van der Waals surface area contributed by atoms with E-state index in [4.69, 9.17) is 4.74 Å². The van der Waals surface area contributed by atoms with Gasteiger partial charge < -0.3 is 9.84 Å². The van der Waals surface area contributed by atoms with Crippen molar-refractivity contribution in [2.45, 2.75) is 59.9 Å². The summed E-state index contributed by atoms with van der Waals surface area (Å²) in [6, 6.07) is 0. The van der Waals surface area contributed by atoms with E-state index in [2.05, 4.69) is 41.5 Å². The first kappa shape index (κ1) is 13.0. The molecule has 0 radical (unpaired) electrons. The van der Waals surface area contributed by atoms with Gasteiger partial charge in [-0.3, -0.25) is 0 Å². The van der Waals surface area contributed by atoms with Crippen LogP contribution in [0.3, 0.4) is 0 Å². The summed E-state index contributed by atoms with van der Waals surface area (Å²) in [6.07, 6.45) is -0.0606. The zero-order valence-corrected chi connectivity index (χ0v) is 10.9. The van der Waals surface area contributed by atoms with Crippen molar-refractivity contribution in [3.8, 4) is 0 Å². The van der Waals surface area contributed by atoms with Crippen LogP contribution >= 0.6 is 0 Å². The molecule has 2 nitrogen and oxygen atoms in total. The average Bonchev–Trinajstić information content (AvgIpc) is 2.42. The van der Waals surface area contributed by atoms with Crippen molar-refractivity contribution in [2.24, 2.45) is 23.7 Å². The Labute approximate surface area is 94.0 Å². The first-order valence-electron chi connectivity index (χ1n) is 6.19. The predicted octanol–water partition coefficient (Wildman–Crippen LogP) is 2.70. The van der Waals surface area contributed by atoms with Crippen LogP contribution in [0.4, 0.5) is 0 Å². The minimum absolute atomic E-state index is 0.0183. The standard InChI is InChI=1S/C13H26O2/c1-7(2)10-11(14)13(9(5)6)15-12(10)8(3)4/h7-14H,1-6H3. The van der Waals surface area contributed by atoms with Crippen molar-refractivity contribution in [2.75, 3.05) is 0 Å². The third kappa shape index (κ3) is 2.54. The van der Waals surface area contributed by atoms with Gasteiger partial charge in [0.2, 0.25) is 0 Å². The number of hydrogen-bond acceptors (Lipinski definition) is 2. The summed E-state index contributed by atoms with van der Waals surface area (Å²) < 4.78 is 6.02. The van der Waals surface area contributed by atoms with E-state index in [1.165, 1.54) is 0 Å². The van der Waals surface area contributed by atoms with Crippen LogP contribution in [0.2, 0.25) is 0 Å². The molecule has 15 heavy (non-hydrogen) atoms. The van der Waals surface area contributed by atoms with Gasteiger partial charge in [0.25, 0.3) is 0 Å². The van der Waals surface area contributed by atoms with Crippen molar-refractivity contribution in [3.63, 3.8) is 0 Å². The molecular formula is C13H26O2. The van der Waals surface area contributed by atoms with Gasteiger partial charge in [0.15, 0.2) is 0 Å². The molecule has 0 saturated carbocycles. The molecule has 1 saturated heterocycles. The molecule has 1 rings (SSSR count). The highest BCUT2D eigenvalue weighted by atomic mass is 16.5. The second kappa shape index (κ2) is 4.84. The van der Waals surface area contributed by atoms with E-state index >= 15 is 0 Å². The topological polar surface area (TPSA) is 29.5 Å². The van der Waals surface area contributed by atoms with Crippen LogP contribution in [0.1, 0.15) is 41.5 Å². The molecule has 0 spiro atoms. The minimum atomic E-state index is -0.294. The van der Waals surface area contributed by atoms with Crippen LogP contribution in [0.15, 0.2) is 0 Å². The third-order valence-electron chi connectivity index (χ3n) is 3.51. The normalized spacial score (nSPS) is 37.2. The van der Waals surface area contributed by atoms with Gasteiger partial charge in [0.05, 0.1) is 18.3 Å². The molecule has 1 N–H and O–H groups in total. The Morgan fingerprint density at radius 3 is 1.53 bits per heavy atom. The molecule has 1 aliphatic rings. The first-order chi connectivity index (χ1) is 6.86. The molecule has 0 amide bonds. The predicted molar refractivity (Wildman–Crippen MR) is 62.7 cm³/mol. The molecule has 2 heteroatoms. The van der Waals surface area contributed by atoms with Crippen molar-refractivity contribution in [3.05, 3.63) is 0 Å². The van der Waals surface area contributed by atoms with Gasteiger partial charge in [-0.2, -0.15) is 0 Å². The monoisotopic (exact) mass is 214 g/mol. The van der Waals surface area contributed by atoms with Crippen LogP contribution in [0.5, 0.6) is 0 Å². The molecule has 4 unspecified atom stereocenters. The van der Waals surface area contributed by atoms with E-state index in [1.807, 2.05) is 0 Å². The van der Waals surface area contributed by atoms with Gasteiger partial charge in [0.1, 0.15) is 0 Å². The maximum Gasteiger partial charge on any atom is 0.0864 e. The van der Waals surface area contributed by atoms with E-state index in [0.717, 1.165) is 0 Å². The van der Waals surface area contributed by atoms with Gasteiger partial charge in [0, 0.05) is 5.92 Å². The zero-order valence-electron chi connectivity index (χ0n) is 10.9. The van der Waals surface area contributed by atoms with Gasteiger partial charge in [-0.25, -0.2) is 0 Å². The molecule has 1 heterocycles. The molecule has 90 valence electrons. The third-order valence-corrected chi connectivity index (χ3v) is 3.51. The fourth-order valence-corrected chi connectivity index (χ4v) is 2.69. The SMILES string of the molecule is CC(C)C1OC(C(C)C)C(C(C)C)C1O. The Balaban J connectivity index is 2.82. The Bertz CT molecular complexity index is 199. The number of rotatable bonds is 3. The Hall–Kier alpha value is -0.0800. The molecule has 0 aromatic rings. The van der Waals surface area contributed by atoms with E-state index in [1.54, 1.807) is 0 Å². The molecule has 4 atom stereocenters. The van der Waals surface area contributed by atoms with Crippen LogP contribution in [0, 0.1) is 23.7 Å². The number of aliphatic hydroxyl groups excluding tert-OH is 1. The lowest BCUT2D eigenvalue weighted by molar-refractivity contribution is -0.0311. The lowest BCUT2D eigenvalue weighted by Crippen LogP contribution is -2.34. The van der Waals surface area contributed by atoms with Crippen molar-refractivity contribution >= 4 is 0 Å². The van der Waals surface area contributed by atoms with Gasteiger partial charge in [-0.05, 0) is 17.8 Å². The molecule has 1 aliphatic heterocycles. The number of hydrogen-bond donors (Lipinski definition) is 1. The highest BCUT2D eigenvalue weighted by Gasteiger charge is 2.46. The molecule has 0 aliphatic carbocycles. The summed E-state index contributed by atoms with van der Waals surface area (Å²) in [5.41, 5.74) is 0. The largest absolute Gasteiger partial charge is 0.390 e. The summed E-state index contributed by atoms with van der Waals surface area (Å²) in [6.45, 7) is 12.9. The van der Waals surface area contributed by atoms with E-state index in [0.29, 0.717) is 17.8 Å². The van der Waals surface area contributed by atoms with E-state index in [9.17, 15) is 5.11 Å². The molecule has 0 bridgehead atoms. The molecule has 1 fully saturated rings. The highest BCUT2D eigenvalue weighted by Crippen LogP contribution is 2.38. The molecular weight excluding hydrogens is 188 g/mol. The second-order valence-corrected chi connectivity index (χ2v) is 5.87.